The summed E-state index contributed by atoms with van der Waals surface area (Å²) in [6, 6.07) is 7.36. The average molecular weight is 375 g/mol. The summed E-state index contributed by atoms with van der Waals surface area (Å²) < 4.78 is 27.3. The molecule has 1 saturated heterocycles. The normalized spacial score (nSPS) is 18.0. The van der Waals surface area contributed by atoms with E-state index in [0.717, 1.165) is 30.4 Å². The van der Waals surface area contributed by atoms with E-state index in [-0.39, 0.29) is 6.04 Å². The lowest BCUT2D eigenvalue weighted by Gasteiger charge is -2.23. The third-order valence-electron chi connectivity index (χ3n) is 3.95. The zero-order valence-corrected chi connectivity index (χ0v) is 14.8. The van der Waals surface area contributed by atoms with Gasteiger partial charge in [0, 0.05) is 17.9 Å². The predicted octanol–water partition coefficient (Wildman–Crippen LogP) is 2.39. The summed E-state index contributed by atoms with van der Waals surface area (Å²) in [7, 11) is -3.40. The van der Waals surface area contributed by atoms with E-state index in [0.29, 0.717) is 11.4 Å². The van der Waals surface area contributed by atoms with Crippen LogP contribution in [-0.4, -0.2) is 44.3 Å². The molecule has 1 atom stereocenters. The molecule has 0 radical (unpaired) electrons. The highest BCUT2D eigenvalue weighted by atomic mass is 79.9. The fourth-order valence-electron chi connectivity index (χ4n) is 2.57. The third kappa shape index (κ3) is 4.77. The summed E-state index contributed by atoms with van der Waals surface area (Å²) >= 11 is 3.38. The number of aryl methyl sites for hydroxylation is 1. The first-order valence-electron chi connectivity index (χ1n) is 7.41. The third-order valence-corrected chi connectivity index (χ3v) is 5.79. The number of halogens is 1. The Morgan fingerprint density at radius 1 is 1.24 bits per heavy atom. The number of nitrogens with one attached hydrogen (secondary N) is 1. The van der Waals surface area contributed by atoms with Gasteiger partial charge in [-0.25, -0.2) is 13.1 Å². The summed E-state index contributed by atoms with van der Waals surface area (Å²) in [5.41, 5.74) is 1.14. The van der Waals surface area contributed by atoms with E-state index in [1.807, 2.05) is 12.1 Å². The maximum Gasteiger partial charge on any atom is 0.240 e. The lowest BCUT2D eigenvalue weighted by atomic mass is 10.2. The fourth-order valence-corrected chi connectivity index (χ4v) is 4.15. The minimum atomic E-state index is -3.40. The lowest BCUT2D eigenvalue weighted by Crippen LogP contribution is -2.40. The van der Waals surface area contributed by atoms with Crippen molar-refractivity contribution in [2.45, 2.75) is 37.1 Å². The van der Waals surface area contributed by atoms with Crippen LogP contribution in [0.25, 0.3) is 0 Å². The van der Waals surface area contributed by atoms with Crippen LogP contribution in [0.4, 0.5) is 0 Å². The van der Waals surface area contributed by atoms with E-state index >= 15 is 0 Å². The molecule has 4 nitrogen and oxygen atoms in total. The van der Waals surface area contributed by atoms with E-state index in [2.05, 4.69) is 32.5 Å². The van der Waals surface area contributed by atoms with Crippen LogP contribution < -0.4 is 4.72 Å². The Kier molecular flexibility index (Phi) is 6.22. The standard InChI is InChI=1S/C15H23BrN2O2S/c1-13(18-10-2-3-11-18)12-17-21(19,20)15-6-4-14(5-7-15)8-9-16/h4-7,13,17H,2-3,8-12H2,1H3. The first-order chi connectivity index (χ1) is 10.0. The van der Waals surface area contributed by atoms with Crippen molar-refractivity contribution >= 4 is 26.0 Å². The Morgan fingerprint density at radius 3 is 2.43 bits per heavy atom. The second-order valence-electron chi connectivity index (χ2n) is 5.53. The molecule has 0 saturated carbocycles. The molecule has 0 bridgehead atoms. The molecule has 1 aromatic carbocycles. The number of rotatable bonds is 7. The molecule has 1 heterocycles. The molecular weight excluding hydrogens is 352 g/mol. The van der Waals surface area contributed by atoms with Crippen LogP contribution in [0, 0.1) is 0 Å². The van der Waals surface area contributed by atoms with Crippen LogP contribution in [0.15, 0.2) is 29.2 Å². The van der Waals surface area contributed by atoms with Gasteiger partial charge in [-0.3, -0.25) is 4.90 Å². The van der Waals surface area contributed by atoms with E-state index in [1.54, 1.807) is 12.1 Å². The molecular formula is C15H23BrN2O2S. The molecule has 1 N–H and O–H groups in total. The second kappa shape index (κ2) is 7.72. The van der Waals surface area contributed by atoms with Gasteiger partial charge in [0.05, 0.1) is 4.90 Å². The van der Waals surface area contributed by atoms with Crippen LogP contribution >= 0.6 is 15.9 Å². The monoisotopic (exact) mass is 374 g/mol. The molecule has 0 amide bonds. The largest absolute Gasteiger partial charge is 0.299 e. The highest BCUT2D eigenvalue weighted by molar-refractivity contribution is 9.09. The topological polar surface area (TPSA) is 49.4 Å². The van der Waals surface area contributed by atoms with E-state index in [9.17, 15) is 8.42 Å². The van der Waals surface area contributed by atoms with Crippen LogP contribution in [0.1, 0.15) is 25.3 Å². The Labute approximate surface area is 136 Å². The van der Waals surface area contributed by atoms with Crippen molar-refractivity contribution in [2.24, 2.45) is 0 Å². The first-order valence-corrected chi connectivity index (χ1v) is 10.0. The van der Waals surface area contributed by atoms with Gasteiger partial charge in [0.2, 0.25) is 10.0 Å². The Morgan fingerprint density at radius 2 is 1.86 bits per heavy atom. The molecule has 1 fully saturated rings. The molecule has 6 heteroatoms. The minimum absolute atomic E-state index is 0.245. The van der Waals surface area contributed by atoms with Crippen molar-refractivity contribution in [1.82, 2.24) is 9.62 Å². The van der Waals surface area contributed by atoms with Crippen LogP contribution in [0.3, 0.4) is 0 Å². The summed E-state index contributed by atoms with van der Waals surface area (Å²) in [6.07, 6.45) is 3.33. The summed E-state index contributed by atoms with van der Waals surface area (Å²) in [4.78, 5) is 2.68. The van der Waals surface area contributed by atoms with Crippen LogP contribution in [0.5, 0.6) is 0 Å². The van der Waals surface area contributed by atoms with Gasteiger partial charge in [-0.15, -0.1) is 0 Å². The smallest absolute Gasteiger partial charge is 0.240 e. The molecule has 2 rings (SSSR count). The van der Waals surface area contributed by atoms with Gasteiger partial charge in [-0.1, -0.05) is 28.1 Å². The number of sulfonamides is 1. The Hall–Kier alpha value is -0.430. The summed E-state index contributed by atoms with van der Waals surface area (Å²) in [5, 5.41) is 0.880. The van der Waals surface area contributed by atoms with Crippen LogP contribution in [-0.2, 0) is 16.4 Å². The molecule has 0 aromatic heterocycles. The lowest BCUT2D eigenvalue weighted by molar-refractivity contribution is 0.260. The van der Waals surface area contributed by atoms with E-state index < -0.39 is 10.0 Å². The molecule has 21 heavy (non-hydrogen) atoms. The van der Waals surface area contributed by atoms with Gasteiger partial charge in [0.15, 0.2) is 0 Å². The quantitative estimate of drug-likeness (QED) is 0.745. The number of benzene rings is 1. The van der Waals surface area contributed by atoms with Crippen molar-refractivity contribution in [3.8, 4) is 0 Å². The van der Waals surface area contributed by atoms with E-state index in [4.69, 9.17) is 0 Å². The SMILES string of the molecule is CC(CNS(=O)(=O)c1ccc(CCBr)cc1)N1CCCC1. The maximum absolute atomic E-state index is 12.3. The molecule has 118 valence electrons. The first kappa shape index (κ1) is 16.9. The number of hydrogen-bond acceptors (Lipinski definition) is 3. The second-order valence-corrected chi connectivity index (χ2v) is 8.09. The van der Waals surface area contributed by atoms with Gasteiger partial charge in [0.25, 0.3) is 0 Å². The zero-order valence-electron chi connectivity index (χ0n) is 12.4. The highest BCUT2D eigenvalue weighted by Gasteiger charge is 2.20. The van der Waals surface area contributed by atoms with Gasteiger partial charge in [-0.2, -0.15) is 0 Å². The molecule has 0 aliphatic carbocycles. The molecule has 1 aromatic rings. The molecule has 1 aliphatic heterocycles. The van der Waals surface area contributed by atoms with Gasteiger partial charge < -0.3 is 0 Å². The predicted molar refractivity (Wildman–Crippen MR) is 89.4 cm³/mol. The summed E-state index contributed by atoms with van der Waals surface area (Å²) in [6.45, 7) is 4.69. The zero-order chi connectivity index (χ0) is 15.3. The highest BCUT2D eigenvalue weighted by Crippen LogP contribution is 2.14. The molecule has 0 spiro atoms. The minimum Gasteiger partial charge on any atom is -0.299 e. The maximum atomic E-state index is 12.3. The fraction of sp³-hybridized carbons (Fsp3) is 0.600. The van der Waals surface area contributed by atoms with Crippen molar-refractivity contribution in [2.75, 3.05) is 25.0 Å². The summed E-state index contributed by atoms with van der Waals surface area (Å²) in [5.74, 6) is 0. The number of nitrogens with zero attached hydrogens (tertiary/aromatic N) is 1. The van der Waals surface area contributed by atoms with E-state index in [1.165, 1.54) is 12.8 Å². The number of hydrogen-bond donors (Lipinski definition) is 1. The van der Waals surface area contributed by atoms with Crippen LogP contribution in [0.2, 0.25) is 0 Å². The van der Waals surface area contributed by atoms with Crippen molar-refractivity contribution in [1.29, 1.82) is 0 Å². The average Bonchev–Trinajstić information content (AvgIpc) is 3.00. The van der Waals surface area contributed by atoms with Crippen molar-refractivity contribution < 1.29 is 8.42 Å². The van der Waals surface area contributed by atoms with Crippen molar-refractivity contribution in [3.05, 3.63) is 29.8 Å². The Balaban J connectivity index is 1.94. The van der Waals surface area contributed by atoms with Crippen molar-refractivity contribution in [3.63, 3.8) is 0 Å². The number of likely N-dealkylation sites (tertiary alicyclic amines) is 1. The van der Waals surface area contributed by atoms with Gasteiger partial charge >= 0.3 is 0 Å². The van der Waals surface area contributed by atoms with Gasteiger partial charge in [-0.05, 0) is 57.0 Å². The molecule has 1 unspecified atom stereocenters. The van der Waals surface area contributed by atoms with Gasteiger partial charge in [0.1, 0.15) is 0 Å². The number of alkyl halides is 1. The molecule has 1 aliphatic rings. The Bertz CT molecular complexity index is 539.